The van der Waals surface area contributed by atoms with Crippen LogP contribution in [0.5, 0.6) is 0 Å². The van der Waals surface area contributed by atoms with Crippen LogP contribution in [0.2, 0.25) is 0 Å². The number of aliphatic hydroxyl groups is 1. The first-order valence-electron chi connectivity index (χ1n) is 11.5. The minimum absolute atomic E-state index is 0.139. The molecule has 0 aliphatic carbocycles. The van der Waals surface area contributed by atoms with Crippen molar-refractivity contribution in [2.24, 2.45) is 0 Å². The SMILES string of the molecule is CN(Cc1ccccc1)Cc1cc(CC2CCC(O)C(CNC(=O)c3cccc(F)c3)O2)no1. The molecule has 1 saturated heterocycles. The monoisotopic (exact) mass is 467 g/mol. The fraction of sp³-hybridized carbons (Fsp3) is 0.385. The third-order valence-electron chi connectivity index (χ3n) is 5.90. The normalized spacial score (nSPS) is 20.4. The second-order valence-electron chi connectivity index (χ2n) is 8.81. The molecule has 8 heteroatoms. The molecule has 1 aromatic heterocycles. The lowest BCUT2D eigenvalue weighted by Crippen LogP contribution is -2.46. The molecular weight excluding hydrogens is 437 g/mol. The number of ether oxygens (including phenoxy) is 1. The Bertz CT molecular complexity index is 1070. The third kappa shape index (κ3) is 6.72. The largest absolute Gasteiger partial charge is 0.390 e. The molecular formula is C26H30FN3O4. The Kier molecular flexibility index (Phi) is 8.05. The number of carbonyl (C=O) groups is 1. The number of benzene rings is 2. The minimum atomic E-state index is -0.677. The Morgan fingerprint density at radius 3 is 2.76 bits per heavy atom. The van der Waals surface area contributed by atoms with E-state index in [0.717, 1.165) is 18.0 Å². The van der Waals surface area contributed by atoms with Crippen LogP contribution in [0.4, 0.5) is 4.39 Å². The number of nitrogens with one attached hydrogen (secondary N) is 1. The summed E-state index contributed by atoms with van der Waals surface area (Å²) >= 11 is 0. The van der Waals surface area contributed by atoms with Crippen molar-refractivity contribution in [3.8, 4) is 0 Å². The maximum Gasteiger partial charge on any atom is 0.251 e. The summed E-state index contributed by atoms with van der Waals surface area (Å²) in [6, 6.07) is 17.7. The van der Waals surface area contributed by atoms with Gasteiger partial charge in [-0.3, -0.25) is 9.69 Å². The minimum Gasteiger partial charge on any atom is -0.390 e. The second-order valence-corrected chi connectivity index (χ2v) is 8.81. The fourth-order valence-electron chi connectivity index (χ4n) is 4.18. The quantitative estimate of drug-likeness (QED) is 0.502. The molecule has 7 nitrogen and oxygen atoms in total. The van der Waals surface area contributed by atoms with Crippen LogP contribution in [0.25, 0.3) is 0 Å². The van der Waals surface area contributed by atoms with Crippen LogP contribution < -0.4 is 5.32 Å². The predicted octanol–water partition coefficient (Wildman–Crippen LogP) is 3.33. The summed E-state index contributed by atoms with van der Waals surface area (Å²) in [5, 5.41) is 17.2. The van der Waals surface area contributed by atoms with Crippen LogP contribution in [0.15, 0.2) is 65.2 Å². The molecule has 34 heavy (non-hydrogen) atoms. The lowest BCUT2D eigenvalue weighted by Gasteiger charge is -2.33. The number of aliphatic hydroxyl groups excluding tert-OH is 1. The van der Waals surface area contributed by atoms with Crippen LogP contribution in [0, 0.1) is 5.82 Å². The van der Waals surface area contributed by atoms with Gasteiger partial charge in [-0.1, -0.05) is 41.6 Å². The summed E-state index contributed by atoms with van der Waals surface area (Å²) in [6.07, 6.45) is 0.455. The summed E-state index contributed by atoms with van der Waals surface area (Å²) < 4.78 is 24.9. The smallest absolute Gasteiger partial charge is 0.251 e. The van der Waals surface area contributed by atoms with Crippen molar-refractivity contribution in [3.05, 3.63) is 89.1 Å². The van der Waals surface area contributed by atoms with Gasteiger partial charge in [-0.05, 0) is 43.7 Å². The Hall–Kier alpha value is -3.07. The zero-order valence-corrected chi connectivity index (χ0v) is 19.2. The topological polar surface area (TPSA) is 87.8 Å². The Morgan fingerprint density at radius 1 is 1.15 bits per heavy atom. The summed E-state index contributed by atoms with van der Waals surface area (Å²) in [5.74, 6) is -0.0960. The molecule has 180 valence electrons. The van der Waals surface area contributed by atoms with Gasteiger partial charge in [0.05, 0.1) is 24.4 Å². The predicted molar refractivity (Wildman–Crippen MR) is 124 cm³/mol. The molecule has 4 rings (SSSR count). The molecule has 3 aromatic rings. The molecule has 0 bridgehead atoms. The Balaban J connectivity index is 1.26. The van der Waals surface area contributed by atoms with Gasteiger partial charge in [-0.15, -0.1) is 0 Å². The molecule has 3 unspecified atom stereocenters. The summed E-state index contributed by atoms with van der Waals surface area (Å²) in [7, 11) is 2.03. The van der Waals surface area contributed by atoms with Gasteiger partial charge >= 0.3 is 0 Å². The molecule has 0 spiro atoms. The van der Waals surface area contributed by atoms with Gasteiger partial charge in [0.1, 0.15) is 11.9 Å². The third-order valence-corrected chi connectivity index (χ3v) is 5.90. The standard InChI is InChI=1S/C26H30FN3O4/c1-30(16-18-6-3-2-4-7-18)17-23-14-21(29-34-23)13-22-10-11-24(31)25(33-22)15-28-26(32)19-8-5-9-20(27)12-19/h2-9,12,14,22,24-25,31H,10-11,13,15-17H2,1H3,(H,28,32). The average molecular weight is 468 g/mol. The van der Waals surface area contributed by atoms with Crippen molar-refractivity contribution >= 4 is 5.91 Å². The fourth-order valence-corrected chi connectivity index (χ4v) is 4.18. The van der Waals surface area contributed by atoms with Crippen molar-refractivity contribution in [3.63, 3.8) is 0 Å². The zero-order valence-electron chi connectivity index (χ0n) is 19.2. The lowest BCUT2D eigenvalue weighted by atomic mass is 9.98. The van der Waals surface area contributed by atoms with E-state index in [-0.39, 0.29) is 18.2 Å². The highest BCUT2D eigenvalue weighted by Gasteiger charge is 2.31. The van der Waals surface area contributed by atoms with Crippen molar-refractivity contribution < 1.29 is 23.6 Å². The number of hydrogen-bond acceptors (Lipinski definition) is 6. The van der Waals surface area contributed by atoms with Gasteiger partial charge in [-0.25, -0.2) is 4.39 Å². The van der Waals surface area contributed by atoms with E-state index in [2.05, 4.69) is 27.5 Å². The van der Waals surface area contributed by atoms with Crippen LogP contribution in [0.3, 0.4) is 0 Å². The number of rotatable bonds is 9. The first kappa shape index (κ1) is 24.1. The van der Waals surface area contributed by atoms with Crippen LogP contribution in [-0.4, -0.2) is 53.0 Å². The highest BCUT2D eigenvalue weighted by Crippen LogP contribution is 2.23. The van der Waals surface area contributed by atoms with Gasteiger partial charge in [-0.2, -0.15) is 0 Å². The molecule has 1 amide bonds. The van der Waals surface area contributed by atoms with Gasteiger partial charge in [0.25, 0.3) is 5.91 Å². The van der Waals surface area contributed by atoms with E-state index in [1.165, 1.54) is 23.8 Å². The van der Waals surface area contributed by atoms with Gasteiger partial charge in [0.15, 0.2) is 5.76 Å². The highest BCUT2D eigenvalue weighted by atomic mass is 19.1. The van der Waals surface area contributed by atoms with Crippen LogP contribution in [-0.2, 0) is 24.2 Å². The van der Waals surface area contributed by atoms with Crippen molar-refractivity contribution in [1.82, 2.24) is 15.4 Å². The summed E-state index contributed by atoms with van der Waals surface area (Å²) in [6.45, 7) is 1.59. The molecule has 1 aliphatic rings. The second kappa shape index (κ2) is 11.4. The van der Waals surface area contributed by atoms with Crippen LogP contribution >= 0.6 is 0 Å². The van der Waals surface area contributed by atoms with Gasteiger partial charge in [0, 0.05) is 31.1 Å². The Morgan fingerprint density at radius 2 is 1.97 bits per heavy atom. The number of aromatic nitrogens is 1. The first-order valence-corrected chi connectivity index (χ1v) is 11.5. The summed E-state index contributed by atoms with van der Waals surface area (Å²) in [5.41, 5.74) is 2.26. The van der Waals surface area contributed by atoms with Crippen molar-refractivity contribution in [2.45, 2.75) is 50.7 Å². The van der Waals surface area contributed by atoms with E-state index in [0.29, 0.717) is 25.8 Å². The van der Waals surface area contributed by atoms with E-state index in [1.54, 1.807) is 6.07 Å². The number of nitrogens with zero attached hydrogens (tertiary/aromatic N) is 2. The first-order chi connectivity index (χ1) is 16.5. The molecule has 2 aromatic carbocycles. The molecule has 1 aliphatic heterocycles. The summed E-state index contributed by atoms with van der Waals surface area (Å²) in [4.78, 5) is 14.4. The maximum atomic E-state index is 13.4. The van der Waals surface area contributed by atoms with E-state index in [9.17, 15) is 14.3 Å². The highest BCUT2D eigenvalue weighted by molar-refractivity contribution is 5.94. The molecule has 3 atom stereocenters. The Labute approximate surface area is 198 Å². The van der Waals surface area contributed by atoms with Crippen molar-refractivity contribution in [2.75, 3.05) is 13.6 Å². The lowest BCUT2D eigenvalue weighted by molar-refractivity contribution is -0.114. The average Bonchev–Trinajstić information content (AvgIpc) is 3.26. The van der Waals surface area contributed by atoms with Crippen molar-refractivity contribution in [1.29, 1.82) is 0 Å². The molecule has 0 radical (unpaired) electrons. The molecule has 1 fully saturated rings. The number of halogens is 1. The van der Waals surface area contributed by atoms with E-state index >= 15 is 0 Å². The molecule has 2 heterocycles. The van der Waals surface area contributed by atoms with Crippen LogP contribution in [0.1, 0.15) is 40.2 Å². The zero-order chi connectivity index (χ0) is 23.9. The van der Waals surface area contributed by atoms with Gasteiger partial charge in [0.2, 0.25) is 0 Å². The van der Waals surface area contributed by atoms with Gasteiger partial charge < -0.3 is 19.7 Å². The maximum absolute atomic E-state index is 13.4. The molecule has 2 N–H and O–H groups in total. The number of amides is 1. The van der Waals surface area contributed by atoms with E-state index in [4.69, 9.17) is 9.26 Å². The van der Waals surface area contributed by atoms with E-state index in [1.807, 2.05) is 31.3 Å². The molecule has 0 saturated carbocycles. The number of carbonyl (C=O) groups excluding carboxylic acids is 1. The van der Waals surface area contributed by atoms with E-state index < -0.39 is 23.9 Å². The number of hydrogen-bond donors (Lipinski definition) is 2.